The molecule has 4 N–H and O–H groups in total. The molecule has 0 saturated heterocycles. The van der Waals surface area contributed by atoms with Gasteiger partial charge in [-0.05, 0) is 154 Å². The van der Waals surface area contributed by atoms with E-state index in [2.05, 4.69) is 179 Å². The normalized spacial score (nSPS) is 14.4. The number of unbranched alkanes of at least 4 members (excludes halogenated alkanes) is 41. The van der Waals surface area contributed by atoms with Crippen LogP contribution in [0.4, 0.5) is 0 Å². The quantitative estimate of drug-likeness (QED) is 0.0146. The number of hydrogen-bond donors (Lipinski definition) is 4. The number of carbonyl (C=O) groups excluding carboxylic acids is 3. The first-order valence-corrected chi connectivity index (χ1v) is 50.8. The molecule has 18 heteroatoms. The van der Waals surface area contributed by atoms with Crippen molar-refractivity contribution in [2.24, 2.45) is 0 Å². The van der Waals surface area contributed by atoms with E-state index < -0.39 is 91.5 Å². The number of carbonyl (C=O) groups is 3. The Morgan fingerprint density at radius 2 is 0.445 bits per heavy atom. The van der Waals surface area contributed by atoms with E-state index in [1.807, 2.05) is 0 Å². The number of esters is 3. The number of phosphoric acid groups is 2. The van der Waals surface area contributed by atoms with Crippen molar-refractivity contribution in [1.29, 1.82) is 0 Å². The molecule has 0 radical (unpaired) electrons. The van der Waals surface area contributed by atoms with E-state index in [1.54, 1.807) is 0 Å². The van der Waals surface area contributed by atoms with Gasteiger partial charge < -0.3 is 34.2 Å². The second kappa shape index (κ2) is 92.4. The van der Waals surface area contributed by atoms with Crippen molar-refractivity contribution in [2.75, 3.05) is 39.6 Å². The molecule has 0 heterocycles. The van der Waals surface area contributed by atoms with Gasteiger partial charge in [0, 0.05) is 19.3 Å². The predicted molar refractivity (Wildman–Crippen MR) is 500 cm³/mol. The first-order valence-electron chi connectivity index (χ1n) is 47.8. The molecule has 0 aliphatic heterocycles. The summed E-state index contributed by atoms with van der Waals surface area (Å²) in [5.74, 6) is -1.57. The average Bonchev–Trinajstić information content (AvgIpc) is 0.902. The van der Waals surface area contributed by atoms with E-state index in [1.165, 1.54) is 186 Å². The van der Waals surface area contributed by atoms with Crippen LogP contribution in [0.5, 0.6) is 0 Å². The second-order valence-electron chi connectivity index (χ2n) is 31.8. The van der Waals surface area contributed by atoms with Crippen LogP contribution in [0.1, 0.15) is 406 Å². The van der Waals surface area contributed by atoms with Crippen molar-refractivity contribution in [2.45, 2.75) is 424 Å². The van der Waals surface area contributed by atoms with Crippen LogP contribution in [-0.4, -0.2) is 95.9 Å². The summed E-state index contributed by atoms with van der Waals surface area (Å²) in [5, 5.41) is 20.8. The highest BCUT2D eigenvalue weighted by Crippen LogP contribution is 2.45. The highest BCUT2D eigenvalue weighted by molar-refractivity contribution is 7.47. The SMILES string of the molecule is CC/C=C\C/C=C\C/C=C\C/C=C\C/C=C\CCCCCCCCCCCC(=O)OC(COC(=O)CCCCCCCCCCCCCCC/C=C\C/C=C\C/C=C\C/C=C\CCCCC)COP(=O)(O)OCC(O)COP(=O)(O)OCC(O)COC(=O)CCCCCCCCCCCCCCC/C=C\C/C=C\C/C=C\C/C=C\CCCCC. The van der Waals surface area contributed by atoms with Crippen LogP contribution >= 0.6 is 15.6 Å². The van der Waals surface area contributed by atoms with Crippen LogP contribution in [0.15, 0.2) is 158 Å². The maximum Gasteiger partial charge on any atom is 0.472 e. The summed E-state index contributed by atoms with van der Waals surface area (Å²) in [6.45, 7) is 2.56. The first kappa shape index (κ1) is 114. The van der Waals surface area contributed by atoms with Crippen LogP contribution in [-0.2, 0) is 55.8 Å². The van der Waals surface area contributed by atoms with Crippen LogP contribution in [0, 0.1) is 0 Å². The highest BCUT2D eigenvalue weighted by atomic mass is 31.2. The lowest BCUT2D eigenvalue weighted by Gasteiger charge is -2.21. The number of hydrogen-bond acceptors (Lipinski definition) is 14. The van der Waals surface area contributed by atoms with Gasteiger partial charge in [-0.2, -0.15) is 0 Å². The Hall–Kier alpha value is -4.83. The summed E-state index contributed by atoms with van der Waals surface area (Å²) >= 11 is 0. The molecule has 0 aliphatic rings. The van der Waals surface area contributed by atoms with Crippen LogP contribution < -0.4 is 0 Å². The second-order valence-corrected chi connectivity index (χ2v) is 34.7. The monoisotopic (exact) mass is 1710 g/mol. The van der Waals surface area contributed by atoms with Crippen molar-refractivity contribution < 1.29 is 75.8 Å². The van der Waals surface area contributed by atoms with Gasteiger partial charge in [0.1, 0.15) is 25.4 Å². The summed E-state index contributed by atoms with van der Waals surface area (Å²) in [5.41, 5.74) is 0. The number of allylic oxidation sites excluding steroid dienone is 26. The lowest BCUT2D eigenvalue weighted by molar-refractivity contribution is -0.161. The number of rotatable bonds is 90. The Bertz CT molecular complexity index is 2790. The fraction of sp³-hybridized carbons (Fsp3) is 0.713. The van der Waals surface area contributed by atoms with Gasteiger partial charge in [-0.25, -0.2) is 9.13 Å². The lowest BCUT2D eigenvalue weighted by Crippen LogP contribution is -2.30. The Labute approximate surface area is 727 Å². The molecule has 0 aromatic rings. The number of phosphoric ester groups is 2. The third kappa shape index (κ3) is 93.7. The van der Waals surface area contributed by atoms with Crippen LogP contribution in [0.25, 0.3) is 0 Å². The van der Waals surface area contributed by atoms with E-state index in [0.29, 0.717) is 19.3 Å². The topological polar surface area (TPSA) is 231 Å². The molecule has 684 valence electrons. The molecule has 0 saturated carbocycles. The average molecular weight is 1710 g/mol. The molecule has 5 atom stereocenters. The van der Waals surface area contributed by atoms with Crippen LogP contribution in [0.2, 0.25) is 0 Å². The first-order chi connectivity index (χ1) is 58.2. The largest absolute Gasteiger partial charge is 0.472 e. The van der Waals surface area contributed by atoms with Crippen molar-refractivity contribution >= 4 is 33.6 Å². The molecule has 0 aliphatic carbocycles. The van der Waals surface area contributed by atoms with Gasteiger partial charge in [0.15, 0.2) is 6.10 Å². The maximum absolute atomic E-state index is 13.1. The fourth-order valence-corrected chi connectivity index (χ4v) is 14.6. The van der Waals surface area contributed by atoms with Gasteiger partial charge in [0.2, 0.25) is 0 Å². The standard InChI is InChI=1S/C101H174O16P2/c1-4-7-10-13-16-19-22-25-28-31-34-37-40-43-45-47-49-52-54-57-60-63-66-69-72-75-78-81-84-87-99(104)111-90-96(102)91-113-118(107,108)114-92-97(103)93-115-119(109,110)116-95-98(117-101(106)89-86-83-80-77-74-71-68-65-62-59-56-51-42-39-36-33-30-27-24-21-18-15-12-9-6-3)94-112-100(105)88-85-82-79-76-73-70-67-64-61-58-55-53-50-48-46-44-41-38-35-32-29-26-23-20-17-14-11-8-5-2/h9,12,16-21,25-30,34-39,43-46,51,56,96-98,102-103H,4-8,10-11,13-15,22-24,31-33,40-42,47-50,52-55,57-95H2,1-3H3,(H,107,108)(H,109,110)/b12-9-,19-16-,20-17-,21-18-,28-25-,29-26-,30-27-,37-34-,38-35-,39-36-,45-43-,46-44-,56-51-. The van der Waals surface area contributed by atoms with Gasteiger partial charge in [-0.3, -0.25) is 32.5 Å². The molecule has 0 aromatic carbocycles. The summed E-state index contributed by atoms with van der Waals surface area (Å²) in [7, 11) is -9.82. The highest BCUT2D eigenvalue weighted by Gasteiger charge is 2.30. The van der Waals surface area contributed by atoms with E-state index in [0.717, 1.165) is 161 Å². The smallest absolute Gasteiger partial charge is 0.463 e. The number of aliphatic hydroxyl groups is 2. The summed E-state index contributed by atoms with van der Waals surface area (Å²) in [4.78, 5) is 59.1. The maximum atomic E-state index is 13.1. The summed E-state index contributed by atoms with van der Waals surface area (Å²) in [6, 6.07) is 0. The molecule has 0 bridgehead atoms. The Kier molecular flexibility index (Phi) is 88.6. The third-order valence-corrected chi connectivity index (χ3v) is 22.1. The molecule has 0 spiro atoms. The van der Waals surface area contributed by atoms with Crippen molar-refractivity contribution in [1.82, 2.24) is 0 Å². The minimum Gasteiger partial charge on any atom is -0.463 e. The van der Waals surface area contributed by atoms with Gasteiger partial charge in [-0.15, -0.1) is 0 Å². The molecule has 0 rings (SSSR count). The predicted octanol–water partition coefficient (Wildman–Crippen LogP) is 29.7. The minimum atomic E-state index is -4.95. The zero-order chi connectivity index (χ0) is 86.5. The summed E-state index contributed by atoms with van der Waals surface area (Å²) in [6.07, 6.45) is 119. The van der Waals surface area contributed by atoms with Gasteiger partial charge >= 0.3 is 33.6 Å². The van der Waals surface area contributed by atoms with Crippen molar-refractivity contribution in [3.8, 4) is 0 Å². The molecular weight excluding hydrogens is 1530 g/mol. The zero-order valence-electron chi connectivity index (χ0n) is 75.5. The third-order valence-electron chi connectivity index (χ3n) is 20.2. The van der Waals surface area contributed by atoms with E-state index in [-0.39, 0.29) is 19.3 Å². The van der Waals surface area contributed by atoms with Gasteiger partial charge in [0.25, 0.3) is 0 Å². The molecular formula is C101H174O16P2. The molecule has 0 fully saturated rings. The summed E-state index contributed by atoms with van der Waals surface area (Å²) < 4.78 is 61.6. The number of ether oxygens (including phenoxy) is 3. The Morgan fingerprint density at radius 3 is 0.706 bits per heavy atom. The van der Waals surface area contributed by atoms with E-state index >= 15 is 0 Å². The molecule has 0 aromatic heterocycles. The molecule has 0 amide bonds. The van der Waals surface area contributed by atoms with E-state index in [9.17, 15) is 43.5 Å². The van der Waals surface area contributed by atoms with Gasteiger partial charge in [0.05, 0.1) is 26.4 Å². The lowest BCUT2D eigenvalue weighted by atomic mass is 10.0. The fourth-order valence-electron chi connectivity index (χ4n) is 13.0. The van der Waals surface area contributed by atoms with Crippen molar-refractivity contribution in [3.05, 3.63) is 158 Å². The zero-order valence-corrected chi connectivity index (χ0v) is 77.3. The van der Waals surface area contributed by atoms with Gasteiger partial charge in [-0.1, -0.05) is 391 Å². The molecule has 16 nitrogen and oxygen atoms in total. The Morgan fingerprint density at radius 1 is 0.244 bits per heavy atom. The number of aliphatic hydroxyl groups excluding tert-OH is 2. The molecule has 5 unspecified atom stereocenters. The van der Waals surface area contributed by atoms with Crippen LogP contribution in [0.3, 0.4) is 0 Å². The molecule has 119 heavy (non-hydrogen) atoms. The van der Waals surface area contributed by atoms with E-state index in [4.69, 9.17) is 32.3 Å². The Balaban J connectivity index is 4.65. The minimum absolute atomic E-state index is 0.0933. The van der Waals surface area contributed by atoms with Crippen molar-refractivity contribution in [3.63, 3.8) is 0 Å².